The van der Waals surface area contributed by atoms with Crippen molar-refractivity contribution in [2.24, 2.45) is 5.92 Å². The Morgan fingerprint density at radius 3 is 2.96 bits per heavy atom. The third kappa shape index (κ3) is 3.19. The van der Waals surface area contributed by atoms with E-state index in [1.165, 1.54) is 0 Å². The summed E-state index contributed by atoms with van der Waals surface area (Å²) >= 11 is 0. The smallest absolute Gasteiger partial charge is 0.254 e. The lowest BCUT2D eigenvalue weighted by Crippen LogP contribution is -2.38. The van der Waals surface area contributed by atoms with Crippen molar-refractivity contribution in [3.05, 3.63) is 23.8 Å². The summed E-state index contributed by atoms with van der Waals surface area (Å²) in [7, 11) is 4.05. The average molecular weight is 348 g/mol. The molecule has 1 aromatic carbocycles. The van der Waals surface area contributed by atoms with Gasteiger partial charge in [-0.1, -0.05) is 0 Å². The van der Waals surface area contributed by atoms with Crippen LogP contribution in [0, 0.1) is 5.92 Å². The highest BCUT2D eigenvalue weighted by molar-refractivity contribution is 5.95. The summed E-state index contributed by atoms with van der Waals surface area (Å²) in [6.45, 7) is 3.57. The number of amides is 1. The number of benzene rings is 1. The monoisotopic (exact) mass is 348 g/mol. The standard InChI is InChI=1S/C18H24N2O5/c1-19(2)5-6-23-17-8-20(14-10-22-9-13(14)17)18(21)12-3-4-15-16(7-12)25-11-24-15/h3-4,7,13-14,17H,5-6,8-11H2,1-2H3/t13-,14+,17-/m1/s1. The van der Waals surface area contributed by atoms with Gasteiger partial charge in [0, 0.05) is 24.6 Å². The number of hydrogen-bond donors (Lipinski definition) is 0. The van der Waals surface area contributed by atoms with Gasteiger partial charge in [-0.05, 0) is 32.3 Å². The highest BCUT2D eigenvalue weighted by Gasteiger charge is 2.48. The fourth-order valence-electron chi connectivity index (χ4n) is 3.69. The van der Waals surface area contributed by atoms with Gasteiger partial charge in [0.05, 0.1) is 32.0 Å². The minimum Gasteiger partial charge on any atom is -0.454 e. The van der Waals surface area contributed by atoms with Gasteiger partial charge < -0.3 is 28.7 Å². The molecule has 25 heavy (non-hydrogen) atoms. The van der Waals surface area contributed by atoms with Gasteiger partial charge in [-0.3, -0.25) is 4.79 Å². The van der Waals surface area contributed by atoms with Crippen LogP contribution in [-0.2, 0) is 9.47 Å². The molecule has 2 saturated heterocycles. The third-order valence-corrected chi connectivity index (χ3v) is 5.10. The number of nitrogens with zero attached hydrogens (tertiary/aromatic N) is 2. The molecule has 0 radical (unpaired) electrons. The highest BCUT2D eigenvalue weighted by atomic mass is 16.7. The maximum Gasteiger partial charge on any atom is 0.254 e. The fourth-order valence-corrected chi connectivity index (χ4v) is 3.69. The summed E-state index contributed by atoms with van der Waals surface area (Å²) in [5.74, 6) is 1.56. The molecule has 2 fully saturated rings. The average Bonchev–Trinajstić information content (AvgIpc) is 3.30. The molecule has 0 aromatic heterocycles. The van der Waals surface area contributed by atoms with Crippen molar-refractivity contribution in [3.8, 4) is 11.5 Å². The second-order valence-corrected chi connectivity index (χ2v) is 7.01. The van der Waals surface area contributed by atoms with E-state index in [1.54, 1.807) is 18.2 Å². The molecule has 4 rings (SSSR count). The predicted molar refractivity (Wildman–Crippen MR) is 90.0 cm³/mol. The molecule has 7 nitrogen and oxygen atoms in total. The largest absolute Gasteiger partial charge is 0.454 e. The van der Waals surface area contributed by atoms with Gasteiger partial charge in [-0.25, -0.2) is 0 Å². The molecule has 7 heteroatoms. The lowest BCUT2D eigenvalue weighted by molar-refractivity contribution is 0.0136. The molecule has 0 N–H and O–H groups in total. The number of carbonyl (C=O) groups excluding carboxylic acids is 1. The molecule has 0 unspecified atom stereocenters. The maximum absolute atomic E-state index is 13.0. The highest BCUT2D eigenvalue weighted by Crippen LogP contribution is 2.36. The van der Waals surface area contributed by atoms with E-state index in [-0.39, 0.29) is 30.8 Å². The van der Waals surface area contributed by atoms with Gasteiger partial charge in [0.15, 0.2) is 11.5 Å². The van der Waals surface area contributed by atoms with Crippen molar-refractivity contribution in [2.45, 2.75) is 12.1 Å². The van der Waals surface area contributed by atoms with Crippen molar-refractivity contribution in [1.82, 2.24) is 9.80 Å². The first-order chi connectivity index (χ1) is 12.1. The summed E-state index contributed by atoms with van der Waals surface area (Å²) in [4.78, 5) is 17.0. The molecular formula is C18H24N2O5. The van der Waals surface area contributed by atoms with E-state index in [0.717, 1.165) is 6.54 Å². The van der Waals surface area contributed by atoms with Gasteiger partial charge >= 0.3 is 0 Å². The lowest BCUT2D eigenvalue weighted by Gasteiger charge is -2.22. The van der Waals surface area contributed by atoms with E-state index in [2.05, 4.69) is 4.90 Å². The molecule has 3 heterocycles. The number of ether oxygens (including phenoxy) is 4. The second kappa shape index (κ2) is 6.82. The molecule has 0 saturated carbocycles. The fraction of sp³-hybridized carbons (Fsp3) is 0.611. The Kier molecular flexibility index (Phi) is 4.54. The molecule has 0 bridgehead atoms. The van der Waals surface area contributed by atoms with Crippen molar-refractivity contribution < 1.29 is 23.7 Å². The summed E-state index contributed by atoms with van der Waals surface area (Å²) in [6, 6.07) is 5.43. The van der Waals surface area contributed by atoms with Gasteiger partial charge in [0.25, 0.3) is 5.91 Å². The van der Waals surface area contributed by atoms with E-state index in [4.69, 9.17) is 18.9 Å². The molecule has 136 valence electrons. The van der Waals surface area contributed by atoms with E-state index >= 15 is 0 Å². The van der Waals surface area contributed by atoms with Crippen LogP contribution < -0.4 is 9.47 Å². The van der Waals surface area contributed by atoms with Gasteiger partial charge in [0.1, 0.15) is 0 Å². The zero-order valence-corrected chi connectivity index (χ0v) is 14.6. The molecule has 0 aliphatic carbocycles. The van der Waals surface area contributed by atoms with Crippen molar-refractivity contribution in [1.29, 1.82) is 0 Å². The van der Waals surface area contributed by atoms with Crippen molar-refractivity contribution >= 4 is 5.91 Å². The molecule has 3 atom stereocenters. The first-order valence-electron chi connectivity index (χ1n) is 8.68. The normalized spacial score (nSPS) is 27.2. The van der Waals surface area contributed by atoms with Crippen LogP contribution in [0.4, 0.5) is 0 Å². The van der Waals surface area contributed by atoms with E-state index < -0.39 is 0 Å². The number of fused-ring (bicyclic) bond motifs is 2. The quantitative estimate of drug-likeness (QED) is 0.786. The van der Waals surface area contributed by atoms with E-state index in [1.807, 2.05) is 19.0 Å². The van der Waals surface area contributed by atoms with E-state index in [0.29, 0.717) is 43.4 Å². The Bertz CT molecular complexity index is 650. The second-order valence-electron chi connectivity index (χ2n) is 7.01. The summed E-state index contributed by atoms with van der Waals surface area (Å²) < 4.78 is 22.4. The Morgan fingerprint density at radius 1 is 1.28 bits per heavy atom. The zero-order chi connectivity index (χ0) is 17.4. The summed E-state index contributed by atoms with van der Waals surface area (Å²) in [5, 5.41) is 0. The van der Waals surface area contributed by atoms with Crippen molar-refractivity contribution in [2.75, 3.05) is 53.8 Å². The minimum absolute atomic E-state index is 0.00231. The summed E-state index contributed by atoms with van der Waals surface area (Å²) in [5.41, 5.74) is 0.615. The molecule has 3 aliphatic heterocycles. The zero-order valence-electron chi connectivity index (χ0n) is 14.6. The lowest BCUT2D eigenvalue weighted by atomic mass is 10.0. The molecule has 1 amide bonds. The molecule has 1 aromatic rings. The number of hydrogen-bond acceptors (Lipinski definition) is 6. The van der Waals surface area contributed by atoms with Crippen LogP contribution in [-0.4, -0.2) is 81.7 Å². The van der Waals surface area contributed by atoms with Crippen LogP contribution in [0.5, 0.6) is 11.5 Å². The van der Waals surface area contributed by atoms with Crippen LogP contribution in [0.1, 0.15) is 10.4 Å². The summed E-state index contributed by atoms with van der Waals surface area (Å²) in [6.07, 6.45) is 0.0328. The van der Waals surface area contributed by atoms with Crippen LogP contribution in [0.15, 0.2) is 18.2 Å². The Balaban J connectivity index is 1.47. The Labute approximate surface area is 147 Å². The van der Waals surface area contributed by atoms with Crippen LogP contribution >= 0.6 is 0 Å². The van der Waals surface area contributed by atoms with Gasteiger partial charge in [0.2, 0.25) is 6.79 Å². The number of carbonyl (C=O) groups is 1. The molecule has 3 aliphatic rings. The Morgan fingerprint density at radius 2 is 2.12 bits per heavy atom. The first-order valence-corrected chi connectivity index (χ1v) is 8.68. The van der Waals surface area contributed by atoms with Crippen LogP contribution in [0.2, 0.25) is 0 Å². The van der Waals surface area contributed by atoms with Crippen LogP contribution in [0.3, 0.4) is 0 Å². The minimum atomic E-state index is -0.00231. The van der Waals surface area contributed by atoms with Crippen LogP contribution in [0.25, 0.3) is 0 Å². The Hall–Kier alpha value is -1.83. The number of likely N-dealkylation sites (tertiary alicyclic amines) is 1. The SMILES string of the molecule is CN(C)CCO[C@@H]1CN(C(=O)c2ccc3c(c2)OCO3)[C@H]2COC[C@@H]12. The predicted octanol–water partition coefficient (Wildman–Crippen LogP) is 0.833. The molecule has 0 spiro atoms. The number of likely N-dealkylation sites (N-methyl/N-ethyl adjacent to an activating group) is 1. The van der Waals surface area contributed by atoms with Gasteiger partial charge in [-0.2, -0.15) is 0 Å². The maximum atomic E-state index is 13.0. The van der Waals surface area contributed by atoms with Crippen molar-refractivity contribution in [3.63, 3.8) is 0 Å². The van der Waals surface area contributed by atoms with Gasteiger partial charge in [-0.15, -0.1) is 0 Å². The van der Waals surface area contributed by atoms with E-state index in [9.17, 15) is 4.79 Å². The first kappa shape index (κ1) is 16.6. The topological polar surface area (TPSA) is 60.5 Å². The number of rotatable bonds is 5. The molecular weight excluding hydrogens is 324 g/mol. The third-order valence-electron chi connectivity index (χ3n) is 5.10.